The average Bonchev–Trinajstić information content (AvgIpc) is 1.74. The zero-order valence-electron chi connectivity index (χ0n) is 5.93. The average molecular weight is 126 g/mol. The van der Waals surface area contributed by atoms with Gasteiger partial charge in [0.1, 0.15) is 0 Å². The van der Waals surface area contributed by atoms with Gasteiger partial charge in [-0.2, -0.15) is 0 Å². The van der Waals surface area contributed by atoms with Gasteiger partial charge < -0.3 is 5.11 Å². The number of fused-ring (bicyclic) bond motifs is 1. The normalized spacial score (nSPS) is 56.7. The summed E-state index contributed by atoms with van der Waals surface area (Å²) in [4.78, 5) is 0. The smallest absolute Gasteiger partial charge is 0.0650 e. The van der Waals surface area contributed by atoms with Gasteiger partial charge in [0.2, 0.25) is 0 Å². The summed E-state index contributed by atoms with van der Waals surface area (Å²) in [6.45, 7) is 2.00. The first-order valence-corrected chi connectivity index (χ1v) is 3.92. The molecule has 0 heterocycles. The van der Waals surface area contributed by atoms with Crippen molar-refractivity contribution in [2.24, 2.45) is 11.8 Å². The highest BCUT2D eigenvalue weighted by Gasteiger charge is 2.48. The molecule has 0 saturated heterocycles. The number of hydrogen-bond donors (Lipinski definition) is 1. The van der Waals surface area contributed by atoms with Gasteiger partial charge in [0.05, 0.1) is 5.60 Å². The van der Waals surface area contributed by atoms with Gasteiger partial charge in [0.15, 0.2) is 0 Å². The Labute approximate surface area is 56.1 Å². The maximum Gasteiger partial charge on any atom is 0.0650 e. The highest BCUT2D eigenvalue weighted by Crippen LogP contribution is 2.52. The third-order valence-electron chi connectivity index (χ3n) is 3.24. The molecule has 1 heteroatoms. The van der Waals surface area contributed by atoms with Crippen LogP contribution in [0.3, 0.4) is 0 Å². The van der Waals surface area contributed by atoms with Gasteiger partial charge in [-0.3, -0.25) is 0 Å². The minimum absolute atomic E-state index is 0.289. The van der Waals surface area contributed by atoms with E-state index < -0.39 is 0 Å². The highest BCUT2D eigenvalue weighted by atomic mass is 16.3. The number of aliphatic hydroxyl groups is 1. The number of rotatable bonds is 0. The van der Waals surface area contributed by atoms with Gasteiger partial charge in [-0.1, -0.05) is 0 Å². The van der Waals surface area contributed by atoms with E-state index in [9.17, 15) is 5.11 Å². The first-order chi connectivity index (χ1) is 4.20. The van der Waals surface area contributed by atoms with E-state index in [-0.39, 0.29) is 5.60 Å². The predicted octanol–water partition coefficient (Wildman–Crippen LogP) is 1.56. The molecular formula is C8H14O. The third-order valence-corrected chi connectivity index (χ3v) is 3.24. The van der Waals surface area contributed by atoms with Crippen LogP contribution in [-0.2, 0) is 0 Å². The van der Waals surface area contributed by atoms with E-state index >= 15 is 0 Å². The van der Waals surface area contributed by atoms with Gasteiger partial charge in [-0.25, -0.2) is 0 Å². The molecule has 0 bridgehead atoms. The van der Waals surface area contributed by atoms with Crippen LogP contribution < -0.4 is 0 Å². The zero-order valence-corrected chi connectivity index (χ0v) is 5.93. The SMILES string of the molecule is CC1(O)CC[C@H]2CC[C@H]21. The Balaban J connectivity index is 2.14. The maximum absolute atomic E-state index is 9.68. The van der Waals surface area contributed by atoms with E-state index in [1.165, 1.54) is 19.3 Å². The molecule has 3 atom stereocenters. The topological polar surface area (TPSA) is 20.2 Å². The Bertz CT molecular complexity index is 129. The molecule has 0 aliphatic heterocycles. The molecule has 2 aliphatic carbocycles. The Hall–Kier alpha value is -0.0400. The minimum Gasteiger partial charge on any atom is -0.390 e. The monoisotopic (exact) mass is 126 g/mol. The lowest BCUT2D eigenvalue weighted by molar-refractivity contribution is -0.0228. The van der Waals surface area contributed by atoms with Crippen molar-refractivity contribution in [1.29, 1.82) is 0 Å². The van der Waals surface area contributed by atoms with Crippen molar-refractivity contribution in [3.05, 3.63) is 0 Å². The van der Waals surface area contributed by atoms with Crippen LogP contribution in [0.5, 0.6) is 0 Å². The molecule has 2 aliphatic rings. The lowest BCUT2D eigenvalue weighted by atomic mass is 9.71. The van der Waals surface area contributed by atoms with E-state index in [0.29, 0.717) is 5.92 Å². The Morgan fingerprint density at radius 1 is 1.33 bits per heavy atom. The second-order valence-corrected chi connectivity index (χ2v) is 3.84. The first-order valence-electron chi connectivity index (χ1n) is 3.92. The lowest BCUT2D eigenvalue weighted by Gasteiger charge is -2.37. The number of hydrogen-bond acceptors (Lipinski definition) is 1. The molecule has 0 radical (unpaired) electrons. The van der Waals surface area contributed by atoms with Gasteiger partial charge in [0, 0.05) is 0 Å². The molecule has 9 heavy (non-hydrogen) atoms. The molecule has 2 saturated carbocycles. The summed E-state index contributed by atoms with van der Waals surface area (Å²) < 4.78 is 0. The molecular weight excluding hydrogens is 112 g/mol. The van der Waals surface area contributed by atoms with Gasteiger partial charge >= 0.3 is 0 Å². The van der Waals surface area contributed by atoms with Crippen LogP contribution in [0.15, 0.2) is 0 Å². The second-order valence-electron chi connectivity index (χ2n) is 3.84. The van der Waals surface area contributed by atoms with Gasteiger partial charge in [0.25, 0.3) is 0 Å². The Morgan fingerprint density at radius 2 is 2.11 bits per heavy atom. The Morgan fingerprint density at radius 3 is 2.33 bits per heavy atom. The van der Waals surface area contributed by atoms with Crippen molar-refractivity contribution >= 4 is 0 Å². The molecule has 1 N–H and O–H groups in total. The van der Waals surface area contributed by atoms with Gasteiger partial charge in [-0.05, 0) is 44.4 Å². The molecule has 1 nitrogen and oxygen atoms in total. The van der Waals surface area contributed by atoms with Crippen molar-refractivity contribution in [2.75, 3.05) is 0 Å². The van der Waals surface area contributed by atoms with Crippen molar-refractivity contribution in [1.82, 2.24) is 0 Å². The van der Waals surface area contributed by atoms with Crippen LogP contribution in [0, 0.1) is 11.8 Å². The summed E-state index contributed by atoms with van der Waals surface area (Å²) in [7, 11) is 0. The van der Waals surface area contributed by atoms with Crippen LogP contribution in [0.1, 0.15) is 32.6 Å². The molecule has 0 aromatic carbocycles. The van der Waals surface area contributed by atoms with Crippen LogP contribution in [-0.4, -0.2) is 10.7 Å². The molecule has 0 aromatic heterocycles. The van der Waals surface area contributed by atoms with Gasteiger partial charge in [-0.15, -0.1) is 0 Å². The molecule has 2 fully saturated rings. The van der Waals surface area contributed by atoms with E-state index in [1.807, 2.05) is 6.92 Å². The fourth-order valence-corrected chi connectivity index (χ4v) is 2.40. The standard InChI is InChI=1S/C8H14O/c1-8(9)5-4-6-2-3-7(6)8/h6-7,9H,2-5H2,1H3/t6-,7-,8?/m1/s1. The van der Waals surface area contributed by atoms with Crippen LogP contribution in [0.2, 0.25) is 0 Å². The molecule has 0 aromatic rings. The molecule has 52 valence electrons. The van der Waals surface area contributed by atoms with Crippen molar-refractivity contribution in [3.63, 3.8) is 0 Å². The fraction of sp³-hybridized carbons (Fsp3) is 1.00. The molecule has 0 spiro atoms. The minimum atomic E-state index is -0.289. The summed E-state index contributed by atoms with van der Waals surface area (Å²) in [5.41, 5.74) is -0.289. The van der Waals surface area contributed by atoms with Crippen LogP contribution >= 0.6 is 0 Å². The summed E-state index contributed by atoms with van der Waals surface area (Å²) in [6.07, 6.45) is 4.97. The molecule has 1 unspecified atom stereocenters. The van der Waals surface area contributed by atoms with E-state index in [1.54, 1.807) is 0 Å². The highest BCUT2D eigenvalue weighted by molar-refractivity contribution is 4.99. The second kappa shape index (κ2) is 1.51. The summed E-state index contributed by atoms with van der Waals surface area (Å²) in [6, 6.07) is 0. The zero-order chi connectivity index (χ0) is 6.48. The first kappa shape index (κ1) is 5.72. The van der Waals surface area contributed by atoms with E-state index in [2.05, 4.69) is 0 Å². The quantitative estimate of drug-likeness (QED) is 0.522. The maximum atomic E-state index is 9.68. The Kier molecular flexibility index (Phi) is 0.963. The summed E-state index contributed by atoms with van der Waals surface area (Å²) in [5.74, 6) is 1.55. The summed E-state index contributed by atoms with van der Waals surface area (Å²) in [5, 5.41) is 9.68. The molecule has 0 amide bonds. The van der Waals surface area contributed by atoms with Crippen LogP contribution in [0.4, 0.5) is 0 Å². The van der Waals surface area contributed by atoms with Crippen molar-refractivity contribution in [3.8, 4) is 0 Å². The predicted molar refractivity (Wildman–Crippen MR) is 36.1 cm³/mol. The summed E-state index contributed by atoms with van der Waals surface area (Å²) >= 11 is 0. The van der Waals surface area contributed by atoms with Crippen LogP contribution in [0.25, 0.3) is 0 Å². The lowest BCUT2D eigenvalue weighted by Crippen LogP contribution is -2.37. The largest absolute Gasteiger partial charge is 0.390 e. The third kappa shape index (κ3) is 0.644. The van der Waals surface area contributed by atoms with Crippen molar-refractivity contribution < 1.29 is 5.11 Å². The van der Waals surface area contributed by atoms with Crippen molar-refractivity contribution in [2.45, 2.75) is 38.2 Å². The van der Waals surface area contributed by atoms with E-state index in [4.69, 9.17) is 0 Å². The molecule has 2 rings (SSSR count). The fourth-order valence-electron chi connectivity index (χ4n) is 2.40. The van der Waals surface area contributed by atoms with E-state index in [0.717, 1.165) is 12.3 Å².